The number of furan rings is 2. The molecule has 0 N–H and O–H groups in total. The highest BCUT2D eigenvalue weighted by molar-refractivity contribution is 6.08. The number of hydrogen-bond acceptors (Lipinski definition) is 2. The molecule has 3 heterocycles. The molecule has 0 aliphatic carbocycles. The predicted octanol–water partition coefficient (Wildman–Crippen LogP) is 7.20. The van der Waals surface area contributed by atoms with Crippen molar-refractivity contribution in [1.82, 2.24) is 4.57 Å². The molecule has 6 rings (SSSR count). The Labute approximate surface area is 161 Å². The number of hydrogen-bond donors (Lipinski definition) is 0. The third kappa shape index (κ3) is 1.88. The fourth-order valence-electron chi connectivity index (χ4n) is 4.41. The standard InChI is InChI=1S/C25H19NO2/c1-14-12-23-19(17-8-4-6-10-21(17)27-23)13-20(14)26-16(3)15(2)25-24(26)18-9-5-7-11-22(18)28-25/h4-13H,1-3H3. The highest BCUT2D eigenvalue weighted by Crippen LogP contribution is 2.39. The summed E-state index contributed by atoms with van der Waals surface area (Å²) in [7, 11) is 0. The van der Waals surface area contributed by atoms with Gasteiger partial charge in [-0.15, -0.1) is 0 Å². The smallest absolute Gasteiger partial charge is 0.156 e. The minimum absolute atomic E-state index is 0.924. The zero-order valence-electron chi connectivity index (χ0n) is 16.0. The van der Waals surface area contributed by atoms with E-state index in [-0.39, 0.29) is 0 Å². The van der Waals surface area contributed by atoms with E-state index in [1.807, 2.05) is 24.3 Å². The third-order valence-corrected chi connectivity index (χ3v) is 5.95. The molecular weight excluding hydrogens is 346 g/mol. The first kappa shape index (κ1) is 15.6. The van der Waals surface area contributed by atoms with Crippen LogP contribution in [0.5, 0.6) is 0 Å². The molecule has 3 aromatic carbocycles. The number of nitrogens with zero attached hydrogens (tertiary/aromatic N) is 1. The summed E-state index contributed by atoms with van der Waals surface area (Å²) in [6.45, 7) is 6.44. The molecule has 0 atom stereocenters. The summed E-state index contributed by atoms with van der Waals surface area (Å²) in [5.41, 5.74) is 9.62. The van der Waals surface area contributed by atoms with Gasteiger partial charge < -0.3 is 13.4 Å². The van der Waals surface area contributed by atoms with Crippen molar-refractivity contribution >= 4 is 44.0 Å². The number of fused-ring (bicyclic) bond motifs is 6. The number of aryl methyl sites for hydroxylation is 2. The highest BCUT2D eigenvalue weighted by Gasteiger charge is 2.21. The Balaban J connectivity index is 1.78. The topological polar surface area (TPSA) is 31.2 Å². The lowest BCUT2D eigenvalue weighted by Gasteiger charge is -2.12. The predicted molar refractivity (Wildman–Crippen MR) is 115 cm³/mol. The van der Waals surface area contributed by atoms with Gasteiger partial charge in [0.15, 0.2) is 5.58 Å². The van der Waals surface area contributed by atoms with E-state index in [4.69, 9.17) is 8.83 Å². The molecular formula is C25H19NO2. The van der Waals surface area contributed by atoms with Crippen LogP contribution in [0.2, 0.25) is 0 Å². The normalized spacial score (nSPS) is 12.1. The summed E-state index contributed by atoms with van der Waals surface area (Å²) in [5.74, 6) is 0. The van der Waals surface area contributed by atoms with Crippen molar-refractivity contribution in [2.75, 3.05) is 0 Å². The molecule has 3 nitrogen and oxygen atoms in total. The van der Waals surface area contributed by atoms with E-state index >= 15 is 0 Å². The second-order valence-corrected chi connectivity index (χ2v) is 7.55. The van der Waals surface area contributed by atoms with E-state index in [1.54, 1.807) is 0 Å². The van der Waals surface area contributed by atoms with E-state index < -0.39 is 0 Å². The monoisotopic (exact) mass is 365 g/mol. The van der Waals surface area contributed by atoms with E-state index in [0.29, 0.717) is 0 Å². The maximum absolute atomic E-state index is 6.21. The number of aromatic nitrogens is 1. The van der Waals surface area contributed by atoms with Gasteiger partial charge in [-0.3, -0.25) is 0 Å². The highest BCUT2D eigenvalue weighted by atomic mass is 16.3. The van der Waals surface area contributed by atoms with Crippen LogP contribution in [0, 0.1) is 20.8 Å². The van der Waals surface area contributed by atoms with Crippen LogP contribution >= 0.6 is 0 Å². The van der Waals surface area contributed by atoms with Gasteiger partial charge >= 0.3 is 0 Å². The minimum Gasteiger partial charge on any atom is -0.456 e. The molecule has 0 saturated carbocycles. The molecule has 0 spiro atoms. The second kappa shape index (κ2) is 5.29. The van der Waals surface area contributed by atoms with Crippen molar-refractivity contribution in [3.8, 4) is 5.69 Å². The molecule has 0 aliphatic rings. The second-order valence-electron chi connectivity index (χ2n) is 7.55. The lowest BCUT2D eigenvalue weighted by atomic mass is 10.1. The van der Waals surface area contributed by atoms with Gasteiger partial charge in [0.25, 0.3) is 0 Å². The lowest BCUT2D eigenvalue weighted by Crippen LogP contribution is -1.99. The maximum Gasteiger partial charge on any atom is 0.156 e. The van der Waals surface area contributed by atoms with Gasteiger partial charge in [-0.2, -0.15) is 0 Å². The van der Waals surface area contributed by atoms with Crippen molar-refractivity contribution in [1.29, 1.82) is 0 Å². The van der Waals surface area contributed by atoms with Gasteiger partial charge in [0, 0.05) is 33.1 Å². The average molecular weight is 365 g/mol. The van der Waals surface area contributed by atoms with E-state index in [2.05, 4.69) is 61.7 Å². The first-order valence-corrected chi connectivity index (χ1v) is 9.55. The van der Waals surface area contributed by atoms with Gasteiger partial charge in [-0.1, -0.05) is 30.3 Å². The molecule has 6 aromatic rings. The van der Waals surface area contributed by atoms with Crippen LogP contribution in [0.4, 0.5) is 0 Å². The van der Waals surface area contributed by atoms with Gasteiger partial charge in [0.1, 0.15) is 22.3 Å². The minimum atomic E-state index is 0.924. The molecule has 0 amide bonds. The van der Waals surface area contributed by atoms with Crippen molar-refractivity contribution in [2.45, 2.75) is 20.8 Å². The first-order chi connectivity index (χ1) is 13.6. The molecule has 0 bridgehead atoms. The summed E-state index contributed by atoms with van der Waals surface area (Å²) in [6.07, 6.45) is 0. The molecule has 136 valence electrons. The van der Waals surface area contributed by atoms with E-state index in [1.165, 1.54) is 22.5 Å². The summed E-state index contributed by atoms with van der Waals surface area (Å²) < 4.78 is 14.6. The first-order valence-electron chi connectivity index (χ1n) is 9.55. The van der Waals surface area contributed by atoms with Crippen molar-refractivity contribution in [3.05, 3.63) is 77.5 Å². The molecule has 28 heavy (non-hydrogen) atoms. The molecule has 0 aliphatic heterocycles. The van der Waals surface area contributed by atoms with Crippen LogP contribution in [0.15, 0.2) is 69.5 Å². The summed E-state index contributed by atoms with van der Waals surface area (Å²) in [6, 6.07) is 20.9. The lowest BCUT2D eigenvalue weighted by molar-refractivity contribution is 0.666. The zero-order valence-corrected chi connectivity index (χ0v) is 16.0. The van der Waals surface area contributed by atoms with E-state index in [9.17, 15) is 0 Å². The number of rotatable bonds is 1. The van der Waals surface area contributed by atoms with Gasteiger partial charge in [-0.05, 0) is 56.7 Å². The molecule has 0 unspecified atom stereocenters. The molecule has 0 radical (unpaired) electrons. The summed E-state index contributed by atoms with van der Waals surface area (Å²) in [5, 5.41) is 3.43. The number of para-hydroxylation sites is 2. The van der Waals surface area contributed by atoms with Crippen molar-refractivity contribution in [2.24, 2.45) is 0 Å². The van der Waals surface area contributed by atoms with Crippen LogP contribution < -0.4 is 0 Å². The largest absolute Gasteiger partial charge is 0.456 e. The SMILES string of the molecule is Cc1cc2oc3ccccc3c2cc1-n1c(C)c(C)c2oc3ccccc3c21. The van der Waals surface area contributed by atoms with Gasteiger partial charge in [0.05, 0.1) is 0 Å². The quantitative estimate of drug-likeness (QED) is 0.308. The molecule has 0 fully saturated rings. The Morgan fingerprint density at radius 1 is 0.679 bits per heavy atom. The average Bonchev–Trinajstić information content (AvgIpc) is 3.32. The fourth-order valence-corrected chi connectivity index (χ4v) is 4.41. The van der Waals surface area contributed by atoms with Crippen LogP contribution in [0.3, 0.4) is 0 Å². The van der Waals surface area contributed by atoms with Crippen LogP contribution in [0.1, 0.15) is 16.8 Å². The molecule has 3 heteroatoms. The zero-order chi connectivity index (χ0) is 19.0. The Morgan fingerprint density at radius 2 is 1.36 bits per heavy atom. The van der Waals surface area contributed by atoms with Crippen molar-refractivity contribution in [3.63, 3.8) is 0 Å². The van der Waals surface area contributed by atoms with Crippen LogP contribution in [0.25, 0.3) is 49.7 Å². The third-order valence-electron chi connectivity index (χ3n) is 5.95. The summed E-state index contributed by atoms with van der Waals surface area (Å²) in [4.78, 5) is 0. The Kier molecular flexibility index (Phi) is 2.95. The Hall–Kier alpha value is -3.46. The van der Waals surface area contributed by atoms with Crippen molar-refractivity contribution < 1.29 is 8.83 Å². The van der Waals surface area contributed by atoms with E-state index in [0.717, 1.165) is 44.0 Å². The number of benzene rings is 3. The Bertz CT molecular complexity index is 1540. The maximum atomic E-state index is 6.21. The summed E-state index contributed by atoms with van der Waals surface area (Å²) >= 11 is 0. The van der Waals surface area contributed by atoms with Gasteiger partial charge in [0.2, 0.25) is 0 Å². The van der Waals surface area contributed by atoms with Crippen LogP contribution in [-0.2, 0) is 0 Å². The molecule has 0 saturated heterocycles. The fraction of sp³-hybridized carbons (Fsp3) is 0.120. The molecule has 3 aromatic heterocycles. The van der Waals surface area contributed by atoms with Gasteiger partial charge in [-0.25, -0.2) is 0 Å². The Morgan fingerprint density at radius 3 is 2.14 bits per heavy atom. The van der Waals surface area contributed by atoms with Crippen LogP contribution in [-0.4, -0.2) is 4.57 Å².